The zero-order valence-corrected chi connectivity index (χ0v) is 23.4. The van der Waals surface area contributed by atoms with Crippen LogP contribution in [0.5, 0.6) is 23.0 Å². The molecule has 0 radical (unpaired) electrons. The van der Waals surface area contributed by atoms with E-state index in [1.807, 2.05) is 109 Å². The van der Waals surface area contributed by atoms with Crippen LogP contribution in [0.2, 0.25) is 0 Å². The maximum absolute atomic E-state index is 13.4. The molecular formula is C37H32O5. The molecule has 0 aromatic heterocycles. The van der Waals surface area contributed by atoms with Crippen molar-refractivity contribution in [1.82, 2.24) is 0 Å². The van der Waals surface area contributed by atoms with E-state index < -0.39 is 0 Å². The summed E-state index contributed by atoms with van der Waals surface area (Å²) in [5.74, 6) is 2.17. The third-order valence-corrected chi connectivity index (χ3v) is 6.58. The van der Waals surface area contributed by atoms with Gasteiger partial charge in [-0.25, -0.2) is 0 Å². The summed E-state index contributed by atoms with van der Waals surface area (Å²) in [4.78, 5) is 13.4. The molecule has 0 atom stereocenters. The Morgan fingerprint density at radius 3 is 1.64 bits per heavy atom. The number of carbonyl (C=O) groups is 1. The molecule has 0 aliphatic heterocycles. The summed E-state index contributed by atoms with van der Waals surface area (Å²) < 4.78 is 23.7. The Morgan fingerprint density at radius 1 is 0.571 bits per heavy atom. The van der Waals surface area contributed by atoms with E-state index in [0.717, 1.165) is 22.3 Å². The number of rotatable bonds is 13. The second-order valence-electron chi connectivity index (χ2n) is 9.58. The minimum absolute atomic E-state index is 0.195. The third kappa shape index (κ3) is 7.89. The molecule has 5 heteroatoms. The lowest BCUT2D eigenvalue weighted by Crippen LogP contribution is -2.03. The van der Waals surface area contributed by atoms with Crippen molar-refractivity contribution in [3.05, 3.63) is 161 Å². The highest BCUT2D eigenvalue weighted by Gasteiger charge is 2.13. The van der Waals surface area contributed by atoms with E-state index in [1.165, 1.54) is 6.08 Å². The number of carbonyl (C=O) groups excluding carboxylic acids is 1. The summed E-state index contributed by atoms with van der Waals surface area (Å²) in [6.45, 7) is 1.16. The Bertz CT molecular complexity index is 1610. The fourth-order valence-electron chi connectivity index (χ4n) is 4.29. The molecule has 0 saturated carbocycles. The van der Waals surface area contributed by atoms with Crippen molar-refractivity contribution in [3.63, 3.8) is 0 Å². The van der Waals surface area contributed by atoms with Gasteiger partial charge in [0, 0.05) is 17.7 Å². The Hall–Kier alpha value is -5.29. The Kier molecular flexibility index (Phi) is 9.67. The highest BCUT2D eigenvalue weighted by Crippen LogP contribution is 2.30. The largest absolute Gasteiger partial charge is 0.497 e. The second kappa shape index (κ2) is 14.4. The van der Waals surface area contributed by atoms with Gasteiger partial charge in [0.15, 0.2) is 5.78 Å². The summed E-state index contributed by atoms with van der Waals surface area (Å²) >= 11 is 0. The number of ether oxygens (including phenoxy) is 4. The van der Waals surface area contributed by atoms with Gasteiger partial charge in [-0.3, -0.25) is 4.79 Å². The lowest BCUT2D eigenvalue weighted by atomic mass is 10.1. The third-order valence-electron chi connectivity index (χ3n) is 6.58. The van der Waals surface area contributed by atoms with Gasteiger partial charge >= 0.3 is 0 Å². The predicted molar refractivity (Wildman–Crippen MR) is 165 cm³/mol. The minimum Gasteiger partial charge on any atom is -0.497 e. The van der Waals surface area contributed by atoms with Crippen molar-refractivity contribution in [1.29, 1.82) is 0 Å². The average molecular weight is 557 g/mol. The van der Waals surface area contributed by atoms with Gasteiger partial charge in [0.1, 0.15) is 42.8 Å². The van der Waals surface area contributed by atoms with E-state index in [2.05, 4.69) is 0 Å². The molecule has 0 aliphatic rings. The van der Waals surface area contributed by atoms with E-state index in [9.17, 15) is 4.79 Å². The molecule has 5 aromatic rings. The molecule has 5 rings (SSSR count). The average Bonchev–Trinajstić information content (AvgIpc) is 3.06. The monoisotopic (exact) mass is 556 g/mol. The molecular weight excluding hydrogens is 524 g/mol. The van der Waals surface area contributed by atoms with E-state index in [1.54, 1.807) is 31.4 Å². The fourth-order valence-corrected chi connectivity index (χ4v) is 4.29. The zero-order chi connectivity index (χ0) is 29.0. The first kappa shape index (κ1) is 28.2. The number of benzene rings is 5. The lowest BCUT2D eigenvalue weighted by Gasteiger charge is -2.13. The minimum atomic E-state index is -0.195. The molecule has 42 heavy (non-hydrogen) atoms. The normalized spacial score (nSPS) is 10.8. The Morgan fingerprint density at radius 2 is 1.07 bits per heavy atom. The molecule has 0 amide bonds. The first-order chi connectivity index (χ1) is 20.7. The Balaban J connectivity index is 1.36. The molecule has 0 bridgehead atoms. The summed E-state index contributed by atoms with van der Waals surface area (Å²) in [7, 11) is 1.59. The molecule has 0 fully saturated rings. The van der Waals surface area contributed by atoms with Gasteiger partial charge in [0.25, 0.3) is 0 Å². The van der Waals surface area contributed by atoms with Crippen LogP contribution in [0.4, 0.5) is 0 Å². The molecule has 0 heterocycles. The van der Waals surface area contributed by atoms with Crippen LogP contribution in [-0.2, 0) is 19.8 Å². The molecule has 5 aromatic carbocycles. The molecule has 0 aliphatic carbocycles. The van der Waals surface area contributed by atoms with Crippen molar-refractivity contribution < 1.29 is 23.7 Å². The lowest BCUT2D eigenvalue weighted by molar-refractivity contribution is 0.104. The van der Waals surface area contributed by atoms with Crippen LogP contribution in [0.3, 0.4) is 0 Å². The molecule has 5 nitrogen and oxygen atoms in total. The van der Waals surface area contributed by atoms with Crippen molar-refractivity contribution in [2.24, 2.45) is 0 Å². The van der Waals surface area contributed by atoms with Gasteiger partial charge < -0.3 is 18.9 Å². The number of methoxy groups -OCH3 is 1. The van der Waals surface area contributed by atoms with Crippen LogP contribution in [0.15, 0.2) is 133 Å². The standard InChI is InChI=1S/C37H32O5/c1-39-32-20-21-34(37(23-32)42-27-30-15-9-4-10-16-30)35(38)22-18-31-17-19-33(40-25-28-11-5-2-6-12-28)24-36(31)41-26-29-13-7-3-8-14-29/h2-24H,25-27H2,1H3. The van der Waals surface area contributed by atoms with Gasteiger partial charge in [0.2, 0.25) is 0 Å². The highest BCUT2D eigenvalue weighted by molar-refractivity contribution is 6.08. The summed E-state index contributed by atoms with van der Waals surface area (Å²) in [6.07, 6.45) is 3.29. The van der Waals surface area contributed by atoms with Crippen molar-refractivity contribution in [2.45, 2.75) is 19.8 Å². The first-order valence-corrected chi connectivity index (χ1v) is 13.7. The predicted octanol–water partition coefficient (Wildman–Crippen LogP) is 8.33. The van der Waals surface area contributed by atoms with Gasteiger partial charge in [-0.05, 0) is 53.1 Å². The maximum Gasteiger partial charge on any atom is 0.189 e. The van der Waals surface area contributed by atoms with Crippen LogP contribution in [0, 0.1) is 0 Å². The molecule has 0 N–H and O–H groups in total. The highest BCUT2D eigenvalue weighted by atomic mass is 16.5. The second-order valence-corrected chi connectivity index (χ2v) is 9.58. The van der Waals surface area contributed by atoms with Crippen LogP contribution in [0.1, 0.15) is 32.6 Å². The van der Waals surface area contributed by atoms with E-state index in [4.69, 9.17) is 18.9 Å². The number of hydrogen-bond donors (Lipinski definition) is 0. The van der Waals surface area contributed by atoms with Gasteiger partial charge in [-0.15, -0.1) is 0 Å². The van der Waals surface area contributed by atoms with Crippen LogP contribution >= 0.6 is 0 Å². The summed E-state index contributed by atoms with van der Waals surface area (Å²) in [6, 6.07) is 40.6. The first-order valence-electron chi connectivity index (χ1n) is 13.7. The number of allylic oxidation sites excluding steroid dienone is 1. The van der Waals surface area contributed by atoms with E-state index >= 15 is 0 Å². The number of ketones is 1. The molecule has 0 spiro atoms. The molecule has 0 saturated heterocycles. The quantitative estimate of drug-likeness (QED) is 0.108. The number of hydrogen-bond acceptors (Lipinski definition) is 5. The molecule has 0 unspecified atom stereocenters. The Labute approximate surface area is 246 Å². The zero-order valence-electron chi connectivity index (χ0n) is 23.4. The fraction of sp³-hybridized carbons (Fsp3) is 0.108. The van der Waals surface area contributed by atoms with Crippen molar-refractivity contribution in [3.8, 4) is 23.0 Å². The van der Waals surface area contributed by atoms with Gasteiger partial charge in [-0.1, -0.05) is 91.0 Å². The maximum atomic E-state index is 13.4. The smallest absolute Gasteiger partial charge is 0.189 e. The van der Waals surface area contributed by atoms with E-state index in [-0.39, 0.29) is 5.78 Å². The van der Waals surface area contributed by atoms with Crippen LogP contribution in [-0.4, -0.2) is 12.9 Å². The van der Waals surface area contributed by atoms with Crippen LogP contribution in [0.25, 0.3) is 6.08 Å². The van der Waals surface area contributed by atoms with Crippen molar-refractivity contribution >= 4 is 11.9 Å². The SMILES string of the molecule is COc1ccc(C(=O)C=Cc2ccc(OCc3ccccc3)cc2OCc2ccccc2)c(OCc2ccccc2)c1. The summed E-state index contributed by atoms with van der Waals surface area (Å²) in [5, 5.41) is 0. The topological polar surface area (TPSA) is 54.0 Å². The van der Waals surface area contributed by atoms with Gasteiger partial charge in [-0.2, -0.15) is 0 Å². The van der Waals surface area contributed by atoms with Gasteiger partial charge in [0.05, 0.1) is 12.7 Å². The molecule has 210 valence electrons. The van der Waals surface area contributed by atoms with Crippen molar-refractivity contribution in [2.75, 3.05) is 7.11 Å². The van der Waals surface area contributed by atoms with E-state index in [0.29, 0.717) is 48.4 Å². The summed E-state index contributed by atoms with van der Waals surface area (Å²) in [5.41, 5.74) is 4.31. The van der Waals surface area contributed by atoms with Crippen LogP contribution < -0.4 is 18.9 Å².